The monoisotopic (exact) mass is 718 g/mol. The standard InChI is InChI=1S/C52H34N2S/c1-2-14-36-31-38(28-27-35(36)13-1)37-15-11-16-40(32-37)53(41-17-12-18-42(34-41)54-49-24-8-4-20-44(49)45-21-5-9-25-50(45)54)48-23-7-3-19-43(48)39-29-30-52-47(33-39)46-22-6-10-26-51(46)55-52/h1-34H. The molecule has 2 aromatic heterocycles. The van der Waals surface area contributed by atoms with Crippen LogP contribution in [0.15, 0.2) is 206 Å². The molecule has 0 saturated carbocycles. The molecule has 0 bridgehead atoms. The summed E-state index contributed by atoms with van der Waals surface area (Å²) >= 11 is 1.86. The van der Waals surface area contributed by atoms with Gasteiger partial charge in [-0.3, -0.25) is 0 Å². The predicted octanol–water partition coefficient (Wildman–Crippen LogP) is 15.1. The van der Waals surface area contributed by atoms with Crippen molar-refractivity contribution >= 4 is 81.1 Å². The highest BCUT2D eigenvalue weighted by Crippen LogP contribution is 2.45. The van der Waals surface area contributed by atoms with Crippen LogP contribution >= 0.6 is 11.3 Å². The summed E-state index contributed by atoms with van der Waals surface area (Å²) < 4.78 is 5.03. The number of fused-ring (bicyclic) bond motifs is 7. The molecular weight excluding hydrogens is 685 g/mol. The highest BCUT2D eigenvalue weighted by Gasteiger charge is 2.20. The summed E-state index contributed by atoms with van der Waals surface area (Å²) in [5.41, 5.74) is 11.6. The van der Waals surface area contributed by atoms with Gasteiger partial charge in [-0.2, -0.15) is 0 Å². The zero-order valence-corrected chi connectivity index (χ0v) is 30.7. The number of aromatic nitrogens is 1. The van der Waals surface area contributed by atoms with E-state index in [0.29, 0.717) is 0 Å². The molecule has 0 unspecified atom stereocenters. The maximum Gasteiger partial charge on any atom is 0.0541 e. The lowest BCUT2D eigenvalue weighted by molar-refractivity contribution is 1.17. The van der Waals surface area contributed by atoms with Gasteiger partial charge in [0, 0.05) is 53.6 Å². The number of thiophene rings is 1. The molecule has 0 fully saturated rings. The average Bonchev–Trinajstić information content (AvgIpc) is 3.80. The van der Waals surface area contributed by atoms with Crippen LogP contribution in [0.1, 0.15) is 0 Å². The molecule has 0 N–H and O–H groups in total. The first-order chi connectivity index (χ1) is 27.3. The predicted molar refractivity (Wildman–Crippen MR) is 237 cm³/mol. The van der Waals surface area contributed by atoms with Crippen LogP contribution in [-0.4, -0.2) is 4.57 Å². The third kappa shape index (κ3) is 5.32. The molecule has 0 saturated heterocycles. The molecule has 0 aliphatic carbocycles. The normalized spacial score (nSPS) is 11.6. The van der Waals surface area contributed by atoms with Gasteiger partial charge in [0.2, 0.25) is 0 Å². The van der Waals surface area contributed by atoms with Crippen molar-refractivity contribution < 1.29 is 0 Å². The molecule has 0 spiro atoms. The van der Waals surface area contributed by atoms with Crippen molar-refractivity contribution in [1.29, 1.82) is 0 Å². The van der Waals surface area contributed by atoms with Crippen molar-refractivity contribution in [3.05, 3.63) is 206 Å². The Morgan fingerprint density at radius 1 is 0.364 bits per heavy atom. The molecule has 0 aliphatic rings. The maximum atomic E-state index is 2.44. The SMILES string of the molecule is c1cc(-c2ccc3ccccc3c2)cc(N(c2cccc(-n3c4ccccc4c4ccccc43)c2)c2ccccc2-c2ccc3sc4ccccc4c3c2)c1. The van der Waals surface area contributed by atoms with Gasteiger partial charge in [0.05, 0.1) is 16.7 Å². The summed E-state index contributed by atoms with van der Waals surface area (Å²) in [6.07, 6.45) is 0. The third-order valence-electron chi connectivity index (χ3n) is 10.9. The summed E-state index contributed by atoms with van der Waals surface area (Å²) in [6, 6.07) is 75.3. The van der Waals surface area contributed by atoms with Crippen LogP contribution in [0.4, 0.5) is 17.1 Å². The second-order valence-corrected chi connectivity index (χ2v) is 15.2. The summed E-state index contributed by atoms with van der Waals surface area (Å²) in [7, 11) is 0. The summed E-state index contributed by atoms with van der Waals surface area (Å²) in [5, 5.41) is 7.60. The minimum atomic E-state index is 1.09. The van der Waals surface area contributed by atoms with Crippen LogP contribution in [0.25, 0.3) is 80.7 Å². The average molecular weight is 719 g/mol. The minimum Gasteiger partial charge on any atom is -0.310 e. The molecule has 0 radical (unpaired) electrons. The first-order valence-corrected chi connectivity index (χ1v) is 19.6. The number of rotatable bonds is 6. The number of hydrogen-bond donors (Lipinski definition) is 0. The fourth-order valence-corrected chi connectivity index (χ4v) is 9.49. The van der Waals surface area contributed by atoms with Gasteiger partial charge in [0.25, 0.3) is 0 Å². The smallest absolute Gasteiger partial charge is 0.0541 e. The summed E-state index contributed by atoms with van der Waals surface area (Å²) in [5.74, 6) is 0. The number of anilines is 3. The number of para-hydroxylation sites is 3. The van der Waals surface area contributed by atoms with Crippen LogP contribution in [0.5, 0.6) is 0 Å². The Morgan fingerprint density at radius 2 is 0.982 bits per heavy atom. The molecule has 2 heterocycles. The largest absolute Gasteiger partial charge is 0.310 e. The molecule has 3 heteroatoms. The van der Waals surface area contributed by atoms with Crippen LogP contribution in [0.3, 0.4) is 0 Å². The van der Waals surface area contributed by atoms with E-state index in [0.717, 1.165) is 22.7 Å². The third-order valence-corrected chi connectivity index (χ3v) is 12.1. The van der Waals surface area contributed by atoms with Gasteiger partial charge in [0.1, 0.15) is 0 Å². The molecule has 0 amide bonds. The van der Waals surface area contributed by atoms with Gasteiger partial charge >= 0.3 is 0 Å². The zero-order chi connectivity index (χ0) is 36.3. The Bertz CT molecular complexity index is 3190. The Hall–Kier alpha value is -6.94. The van der Waals surface area contributed by atoms with Crippen molar-refractivity contribution in [2.75, 3.05) is 4.90 Å². The summed E-state index contributed by atoms with van der Waals surface area (Å²) in [6.45, 7) is 0. The molecule has 258 valence electrons. The molecule has 11 rings (SSSR count). The van der Waals surface area contributed by atoms with Crippen LogP contribution in [0.2, 0.25) is 0 Å². The fraction of sp³-hybridized carbons (Fsp3) is 0. The number of nitrogens with zero attached hydrogens (tertiary/aromatic N) is 2. The molecule has 9 aromatic carbocycles. The Labute approximate surface area is 323 Å². The Kier molecular flexibility index (Phi) is 7.39. The van der Waals surface area contributed by atoms with E-state index in [1.807, 2.05) is 11.3 Å². The first-order valence-electron chi connectivity index (χ1n) is 18.8. The van der Waals surface area contributed by atoms with Gasteiger partial charge in [-0.1, -0.05) is 133 Å². The topological polar surface area (TPSA) is 8.17 Å². The van der Waals surface area contributed by atoms with Gasteiger partial charge in [0.15, 0.2) is 0 Å². The summed E-state index contributed by atoms with van der Waals surface area (Å²) in [4.78, 5) is 2.44. The van der Waals surface area contributed by atoms with Gasteiger partial charge in [-0.15, -0.1) is 11.3 Å². The van der Waals surface area contributed by atoms with Gasteiger partial charge < -0.3 is 9.47 Å². The zero-order valence-electron chi connectivity index (χ0n) is 29.9. The molecule has 55 heavy (non-hydrogen) atoms. The van der Waals surface area contributed by atoms with Crippen LogP contribution in [0, 0.1) is 0 Å². The number of benzene rings is 9. The van der Waals surface area contributed by atoms with Crippen molar-refractivity contribution in [2.24, 2.45) is 0 Å². The number of hydrogen-bond acceptors (Lipinski definition) is 2. The van der Waals surface area contributed by atoms with Crippen molar-refractivity contribution in [1.82, 2.24) is 4.57 Å². The van der Waals surface area contributed by atoms with E-state index < -0.39 is 0 Å². The maximum absolute atomic E-state index is 2.44. The van der Waals surface area contributed by atoms with E-state index in [-0.39, 0.29) is 0 Å². The van der Waals surface area contributed by atoms with Crippen LogP contribution in [-0.2, 0) is 0 Å². The van der Waals surface area contributed by atoms with E-state index in [2.05, 4.69) is 216 Å². The first kappa shape index (κ1) is 31.6. The molecule has 0 aliphatic heterocycles. The lowest BCUT2D eigenvalue weighted by Crippen LogP contribution is -2.12. The van der Waals surface area contributed by atoms with E-state index in [1.165, 1.54) is 75.0 Å². The highest BCUT2D eigenvalue weighted by molar-refractivity contribution is 7.25. The second kappa shape index (κ2) is 12.9. The Morgan fingerprint density at radius 3 is 1.82 bits per heavy atom. The molecule has 2 nitrogen and oxygen atoms in total. The van der Waals surface area contributed by atoms with Gasteiger partial charge in [-0.05, 0) is 100 Å². The highest BCUT2D eigenvalue weighted by atomic mass is 32.1. The fourth-order valence-electron chi connectivity index (χ4n) is 8.40. The van der Waals surface area contributed by atoms with E-state index >= 15 is 0 Å². The van der Waals surface area contributed by atoms with Crippen molar-refractivity contribution in [3.8, 4) is 27.9 Å². The lowest BCUT2D eigenvalue weighted by Gasteiger charge is -2.29. The van der Waals surface area contributed by atoms with Crippen molar-refractivity contribution in [2.45, 2.75) is 0 Å². The van der Waals surface area contributed by atoms with E-state index in [9.17, 15) is 0 Å². The molecule has 11 aromatic rings. The van der Waals surface area contributed by atoms with E-state index in [1.54, 1.807) is 0 Å². The van der Waals surface area contributed by atoms with Crippen LogP contribution < -0.4 is 4.90 Å². The molecular formula is C52H34N2S. The minimum absolute atomic E-state index is 1.09. The van der Waals surface area contributed by atoms with E-state index in [4.69, 9.17) is 0 Å². The Balaban J connectivity index is 1.13. The van der Waals surface area contributed by atoms with Gasteiger partial charge in [-0.25, -0.2) is 0 Å². The second-order valence-electron chi connectivity index (χ2n) is 14.2. The quantitative estimate of drug-likeness (QED) is 0.166. The lowest BCUT2D eigenvalue weighted by atomic mass is 9.98. The van der Waals surface area contributed by atoms with Crippen molar-refractivity contribution in [3.63, 3.8) is 0 Å². The molecule has 0 atom stereocenters.